The van der Waals surface area contributed by atoms with Gasteiger partial charge in [-0.25, -0.2) is 13.2 Å². The molecular weight excluding hydrogens is 424 g/mol. The van der Waals surface area contributed by atoms with Crippen molar-refractivity contribution in [3.63, 3.8) is 0 Å². The summed E-state index contributed by atoms with van der Waals surface area (Å²) in [5.41, 5.74) is 5.48. The zero-order valence-corrected chi connectivity index (χ0v) is 17.7. The predicted molar refractivity (Wildman–Crippen MR) is 115 cm³/mol. The SMILES string of the molecule is NC(=O)c1ccc(S(=O)(=O)N2CCC3C=CC=CC3C2)cc1.O=C(O)c1cccs1. The van der Waals surface area contributed by atoms with Gasteiger partial charge in [0, 0.05) is 18.7 Å². The zero-order valence-electron chi connectivity index (χ0n) is 16.0. The van der Waals surface area contributed by atoms with Crippen LogP contribution in [0.1, 0.15) is 26.5 Å². The number of carboxylic acids is 1. The van der Waals surface area contributed by atoms with E-state index in [0.717, 1.165) is 6.42 Å². The van der Waals surface area contributed by atoms with Gasteiger partial charge >= 0.3 is 5.97 Å². The lowest BCUT2D eigenvalue weighted by Gasteiger charge is -2.36. The summed E-state index contributed by atoms with van der Waals surface area (Å²) in [7, 11) is -3.53. The molecule has 0 bridgehead atoms. The molecule has 1 aliphatic carbocycles. The molecule has 30 heavy (non-hydrogen) atoms. The molecular formula is C21H22N2O5S2. The number of carbonyl (C=O) groups is 2. The van der Waals surface area contributed by atoms with Gasteiger partial charge in [-0.3, -0.25) is 4.79 Å². The summed E-state index contributed by atoms with van der Waals surface area (Å²) in [6.45, 7) is 1.00. The van der Waals surface area contributed by atoms with E-state index in [1.165, 1.54) is 39.9 Å². The Bertz CT molecular complexity index is 1060. The number of fused-ring (bicyclic) bond motifs is 1. The molecule has 9 heteroatoms. The topological polar surface area (TPSA) is 118 Å². The van der Waals surface area contributed by atoms with E-state index in [1.54, 1.807) is 17.5 Å². The fourth-order valence-corrected chi connectivity index (χ4v) is 5.44. The van der Waals surface area contributed by atoms with Gasteiger partial charge in [-0.2, -0.15) is 4.31 Å². The molecule has 2 heterocycles. The Morgan fingerprint density at radius 2 is 1.73 bits per heavy atom. The van der Waals surface area contributed by atoms with Gasteiger partial charge in [-0.05, 0) is 54.0 Å². The van der Waals surface area contributed by atoms with Crippen molar-refractivity contribution in [3.05, 3.63) is 76.5 Å². The summed E-state index contributed by atoms with van der Waals surface area (Å²) in [4.78, 5) is 21.7. The van der Waals surface area contributed by atoms with Crippen molar-refractivity contribution in [1.29, 1.82) is 0 Å². The number of carboxylic acid groups (broad SMARTS) is 1. The van der Waals surface area contributed by atoms with Gasteiger partial charge in [-0.15, -0.1) is 11.3 Å². The molecule has 1 saturated heterocycles. The molecule has 0 radical (unpaired) electrons. The first-order chi connectivity index (χ1) is 14.3. The second-order valence-corrected chi connectivity index (χ2v) is 9.81. The van der Waals surface area contributed by atoms with Crippen molar-refractivity contribution in [2.24, 2.45) is 17.6 Å². The van der Waals surface area contributed by atoms with Crippen molar-refractivity contribution >= 4 is 33.2 Å². The van der Waals surface area contributed by atoms with Crippen LogP contribution in [0.4, 0.5) is 0 Å². The number of primary amides is 1. The van der Waals surface area contributed by atoms with Crippen LogP contribution in [0.3, 0.4) is 0 Å². The highest BCUT2D eigenvalue weighted by Gasteiger charge is 2.34. The highest BCUT2D eigenvalue weighted by atomic mass is 32.2. The Morgan fingerprint density at radius 1 is 1.07 bits per heavy atom. The van der Waals surface area contributed by atoms with Gasteiger partial charge in [0.15, 0.2) is 0 Å². The second kappa shape index (κ2) is 9.38. The molecule has 0 saturated carbocycles. The monoisotopic (exact) mass is 446 g/mol. The first-order valence-corrected chi connectivity index (χ1v) is 11.6. The fourth-order valence-electron chi connectivity index (χ4n) is 3.38. The summed E-state index contributed by atoms with van der Waals surface area (Å²) in [6, 6.07) is 9.08. The maximum Gasteiger partial charge on any atom is 0.345 e. The lowest BCUT2D eigenvalue weighted by atomic mass is 9.83. The molecule has 1 aromatic heterocycles. The van der Waals surface area contributed by atoms with Crippen molar-refractivity contribution in [3.8, 4) is 0 Å². The van der Waals surface area contributed by atoms with Crippen molar-refractivity contribution in [2.45, 2.75) is 11.3 Å². The summed E-state index contributed by atoms with van der Waals surface area (Å²) in [5.74, 6) is -0.754. The third-order valence-corrected chi connectivity index (χ3v) is 7.75. The molecule has 3 N–H and O–H groups in total. The van der Waals surface area contributed by atoms with Gasteiger partial charge in [0.1, 0.15) is 4.88 Å². The predicted octanol–water partition coefficient (Wildman–Crippen LogP) is 2.98. The second-order valence-electron chi connectivity index (χ2n) is 6.92. The molecule has 0 spiro atoms. The number of nitrogens with two attached hydrogens (primary N) is 1. The quantitative estimate of drug-likeness (QED) is 0.749. The van der Waals surface area contributed by atoms with Crippen LogP contribution in [0.25, 0.3) is 0 Å². The third-order valence-electron chi connectivity index (χ3n) is 5.01. The number of rotatable bonds is 4. The minimum Gasteiger partial charge on any atom is -0.477 e. The van der Waals surface area contributed by atoms with Gasteiger partial charge in [0.2, 0.25) is 15.9 Å². The molecule has 4 rings (SSSR count). The van der Waals surface area contributed by atoms with E-state index in [9.17, 15) is 18.0 Å². The van der Waals surface area contributed by atoms with E-state index in [4.69, 9.17) is 10.8 Å². The first-order valence-electron chi connectivity index (χ1n) is 9.31. The van der Waals surface area contributed by atoms with Crippen LogP contribution >= 0.6 is 11.3 Å². The smallest absolute Gasteiger partial charge is 0.345 e. The maximum atomic E-state index is 12.7. The van der Waals surface area contributed by atoms with Crippen LogP contribution in [-0.4, -0.2) is 42.8 Å². The number of benzene rings is 1. The number of hydrogen-bond acceptors (Lipinski definition) is 5. The minimum absolute atomic E-state index is 0.200. The molecule has 1 aliphatic heterocycles. The highest BCUT2D eigenvalue weighted by Crippen LogP contribution is 2.31. The summed E-state index contributed by atoms with van der Waals surface area (Å²) in [6.07, 6.45) is 9.04. The molecule has 158 valence electrons. The fraction of sp³-hybridized carbons (Fsp3) is 0.238. The van der Waals surface area contributed by atoms with Crippen LogP contribution in [0.5, 0.6) is 0 Å². The molecule has 1 amide bonds. The standard InChI is InChI=1S/C16H18N2O3S.C5H4O2S/c17-16(19)13-5-7-15(8-6-13)22(20,21)18-10-9-12-3-1-2-4-14(12)11-18;6-5(7)4-2-1-3-8-4/h1-8,12,14H,9-11H2,(H2,17,19);1-3H,(H,6,7). The Balaban J connectivity index is 0.000000269. The molecule has 2 aromatic rings. The van der Waals surface area contributed by atoms with E-state index in [1.807, 2.05) is 12.2 Å². The van der Waals surface area contributed by atoms with Gasteiger partial charge in [-0.1, -0.05) is 30.4 Å². The summed E-state index contributed by atoms with van der Waals surface area (Å²) < 4.78 is 26.9. The number of thiophene rings is 1. The van der Waals surface area contributed by atoms with Crippen LogP contribution in [0.15, 0.2) is 71.0 Å². The van der Waals surface area contributed by atoms with E-state index in [2.05, 4.69) is 12.2 Å². The number of sulfonamides is 1. The highest BCUT2D eigenvalue weighted by molar-refractivity contribution is 7.89. The van der Waals surface area contributed by atoms with Gasteiger partial charge in [0.25, 0.3) is 0 Å². The average molecular weight is 447 g/mol. The van der Waals surface area contributed by atoms with E-state index in [-0.39, 0.29) is 10.8 Å². The van der Waals surface area contributed by atoms with Crippen LogP contribution in [0, 0.1) is 11.8 Å². The largest absolute Gasteiger partial charge is 0.477 e. The summed E-state index contributed by atoms with van der Waals surface area (Å²) in [5, 5.41) is 10.0. The first kappa shape index (κ1) is 21.9. The number of carbonyl (C=O) groups excluding carboxylic acids is 1. The maximum absolute atomic E-state index is 12.7. The van der Waals surface area contributed by atoms with Crippen molar-refractivity contribution in [1.82, 2.24) is 4.31 Å². The number of piperidine rings is 1. The molecule has 2 unspecified atom stereocenters. The number of allylic oxidation sites excluding steroid dienone is 3. The lowest BCUT2D eigenvalue weighted by molar-refractivity contribution is 0.0702. The van der Waals surface area contributed by atoms with E-state index in [0.29, 0.717) is 29.4 Å². The molecule has 1 fully saturated rings. The van der Waals surface area contributed by atoms with Crippen LogP contribution in [-0.2, 0) is 10.0 Å². The van der Waals surface area contributed by atoms with Crippen molar-refractivity contribution < 1.29 is 23.1 Å². The molecule has 2 aliphatic rings. The number of nitrogens with zero attached hydrogens (tertiary/aromatic N) is 1. The average Bonchev–Trinajstić information content (AvgIpc) is 3.29. The van der Waals surface area contributed by atoms with E-state index >= 15 is 0 Å². The Hall–Kier alpha value is -2.75. The van der Waals surface area contributed by atoms with Gasteiger partial charge in [0.05, 0.1) is 4.90 Å². The minimum atomic E-state index is -3.53. The molecule has 1 aromatic carbocycles. The number of hydrogen-bond donors (Lipinski definition) is 2. The third kappa shape index (κ3) is 5.05. The number of aromatic carboxylic acids is 1. The normalized spacial score (nSPS) is 20.7. The van der Waals surface area contributed by atoms with E-state index < -0.39 is 21.9 Å². The van der Waals surface area contributed by atoms with Crippen LogP contribution in [0.2, 0.25) is 0 Å². The Kier molecular flexibility index (Phi) is 6.86. The lowest BCUT2D eigenvalue weighted by Crippen LogP contribution is -2.43. The number of amides is 1. The Labute approximate surface area is 179 Å². The zero-order chi connectivity index (χ0) is 21.7. The van der Waals surface area contributed by atoms with Crippen LogP contribution < -0.4 is 5.73 Å². The Morgan fingerprint density at radius 3 is 2.27 bits per heavy atom. The van der Waals surface area contributed by atoms with Gasteiger partial charge < -0.3 is 10.8 Å². The van der Waals surface area contributed by atoms with Crippen molar-refractivity contribution in [2.75, 3.05) is 13.1 Å². The molecule has 7 nitrogen and oxygen atoms in total. The molecule has 2 atom stereocenters. The summed E-state index contributed by atoms with van der Waals surface area (Å²) >= 11 is 1.23.